The predicted octanol–water partition coefficient (Wildman–Crippen LogP) is 3.21. The zero-order valence-corrected chi connectivity index (χ0v) is 10.7. The van der Waals surface area contributed by atoms with Crippen molar-refractivity contribution in [2.24, 2.45) is 0 Å². The van der Waals surface area contributed by atoms with Gasteiger partial charge in [-0.3, -0.25) is 0 Å². The van der Waals surface area contributed by atoms with Gasteiger partial charge < -0.3 is 9.73 Å². The van der Waals surface area contributed by atoms with Crippen LogP contribution in [0.15, 0.2) is 34.7 Å². The Morgan fingerprint density at radius 3 is 2.53 bits per heavy atom. The lowest BCUT2D eigenvalue weighted by Gasteiger charge is -2.05. The van der Waals surface area contributed by atoms with Gasteiger partial charge in [-0.25, -0.2) is 0 Å². The van der Waals surface area contributed by atoms with E-state index >= 15 is 0 Å². The third-order valence-corrected chi connectivity index (χ3v) is 2.93. The molecule has 0 spiro atoms. The summed E-state index contributed by atoms with van der Waals surface area (Å²) in [5.41, 5.74) is 3.97. The first-order chi connectivity index (χ1) is 8.19. The van der Waals surface area contributed by atoms with Crippen LogP contribution >= 0.6 is 0 Å². The summed E-state index contributed by atoms with van der Waals surface area (Å²) in [4.78, 5) is 0. The van der Waals surface area contributed by atoms with Crippen molar-refractivity contribution in [2.75, 3.05) is 7.05 Å². The molecule has 0 aliphatic rings. The molecule has 2 aromatic rings. The molecule has 2 nitrogen and oxygen atoms in total. The summed E-state index contributed by atoms with van der Waals surface area (Å²) in [7, 11) is 1.92. The molecule has 0 aliphatic heterocycles. The van der Waals surface area contributed by atoms with E-state index in [9.17, 15) is 0 Å². The maximum Gasteiger partial charge on any atom is 0.117 e. The van der Waals surface area contributed by atoms with Crippen molar-refractivity contribution in [1.29, 1.82) is 0 Å². The van der Waals surface area contributed by atoms with Crippen LogP contribution in [0.4, 0.5) is 0 Å². The highest BCUT2D eigenvalue weighted by Gasteiger charge is 2.05. The molecular formula is C15H19NO. The molecule has 0 fully saturated rings. The molecular weight excluding hydrogens is 210 g/mol. The highest BCUT2D eigenvalue weighted by atomic mass is 16.3. The molecule has 0 aliphatic carbocycles. The first kappa shape index (κ1) is 11.9. The van der Waals surface area contributed by atoms with Gasteiger partial charge in [0.2, 0.25) is 0 Å². The number of benzene rings is 1. The average molecular weight is 229 g/mol. The Bertz CT molecular complexity index is 499. The summed E-state index contributed by atoms with van der Waals surface area (Å²) >= 11 is 0. The normalized spacial score (nSPS) is 10.8. The van der Waals surface area contributed by atoms with Crippen molar-refractivity contribution < 1.29 is 4.42 Å². The lowest BCUT2D eigenvalue weighted by molar-refractivity contribution is 0.462. The molecule has 0 saturated carbocycles. The summed E-state index contributed by atoms with van der Waals surface area (Å²) in [5, 5.41) is 3.09. The average Bonchev–Trinajstić information content (AvgIpc) is 2.71. The largest absolute Gasteiger partial charge is 0.464 e. The van der Waals surface area contributed by atoms with Crippen LogP contribution in [0.25, 0.3) is 0 Å². The number of nitrogens with one attached hydrogen (secondary N) is 1. The van der Waals surface area contributed by atoms with E-state index in [-0.39, 0.29) is 0 Å². The highest BCUT2D eigenvalue weighted by Crippen LogP contribution is 2.17. The van der Waals surface area contributed by atoms with Gasteiger partial charge in [0.25, 0.3) is 0 Å². The smallest absolute Gasteiger partial charge is 0.117 e. The van der Waals surface area contributed by atoms with Gasteiger partial charge in [-0.1, -0.05) is 23.8 Å². The van der Waals surface area contributed by atoms with Gasteiger partial charge >= 0.3 is 0 Å². The van der Waals surface area contributed by atoms with Crippen LogP contribution in [0.1, 0.15) is 28.2 Å². The third kappa shape index (κ3) is 2.98. The minimum Gasteiger partial charge on any atom is -0.464 e. The van der Waals surface area contributed by atoms with Crippen molar-refractivity contribution in [3.63, 3.8) is 0 Å². The summed E-state index contributed by atoms with van der Waals surface area (Å²) in [6.07, 6.45) is 0.871. The minimum atomic E-state index is 0.785. The second kappa shape index (κ2) is 5.19. The van der Waals surface area contributed by atoms with Gasteiger partial charge in [-0.2, -0.15) is 0 Å². The topological polar surface area (TPSA) is 25.2 Å². The van der Waals surface area contributed by atoms with Gasteiger partial charge in [-0.05, 0) is 44.2 Å². The van der Waals surface area contributed by atoms with Gasteiger partial charge in [-0.15, -0.1) is 0 Å². The number of aryl methyl sites for hydroxylation is 2. The standard InChI is InChI=1S/C15H19NO/c1-11-4-5-13(12(2)8-11)9-14-6-7-15(17-14)10-16-3/h4-8,16H,9-10H2,1-3H3. The quantitative estimate of drug-likeness (QED) is 0.871. The number of furan rings is 1. The molecule has 1 aromatic heterocycles. The fourth-order valence-corrected chi connectivity index (χ4v) is 2.02. The number of hydrogen-bond donors (Lipinski definition) is 1. The fraction of sp³-hybridized carbons (Fsp3) is 0.333. The lowest BCUT2D eigenvalue weighted by atomic mass is 10.0. The molecule has 0 amide bonds. The van der Waals surface area contributed by atoms with E-state index in [4.69, 9.17) is 4.42 Å². The fourth-order valence-electron chi connectivity index (χ4n) is 2.02. The Morgan fingerprint density at radius 2 is 1.82 bits per heavy atom. The van der Waals surface area contributed by atoms with E-state index in [1.807, 2.05) is 13.1 Å². The molecule has 0 atom stereocenters. The second-order valence-corrected chi connectivity index (χ2v) is 4.51. The van der Waals surface area contributed by atoms with Crippen molar-refractivity contribution in [3.8, 4) is 0 Å². The van der Waals surface area contributed by atoms with Crippen LogP contribution in [-0.2, 0) is 13.0 Å². The van der Waals surface area contributed by atoms with Crippen LogP contribution in [0, 0.1) is 13.8 Å². The number of rotatable bonds is 4. The monoisotopic (exact) mass is 229 g/mol. The van der Waals surface area contributed by atoms with E-state index in [0.29, 0.717) is 0 Å². The Labute approximate surface area is 103 Å². The third-order valence-electron chi connectivity index (χ3n) is 2.93. The van der Waals surface area contributed by atoms with E-state index < -0.39 is 0 Å². The Balaban J connectivity index is 2.13. The molecule has 1 aromatic carbocycles. The SMILES string of the molecule is CNCc1ccc(Cc2ccc(C)cc2C)o1. The van der Waals surface area contributed by atoms with Crippen molar-refractivity contribution in [3.05, 3.63) is 58.5 Å². The zero-order valence-electron chi connectivity index (χ0n) is 10.7. The maximum absolute atomic E-state index is 5.75. The Morgan fingerprint density at radius 1 is 1.06 bits per heavy atom. The van der Waals surface area contributed by atoms with E-state index in [1.165, 1.54) is 16.7 Å². The molecule has 1 heterocycles. The van der Waals surface area contributed by atoms with E-state index in [2.05, 4.69) is 43.4 Å². The molecule has 0 saturated heterocycles. The Hall–Kier alpha value is -1.54. The molecule has 2 rings (SSSR count). The Kier molecular flexibility index (Phi) is 3.64. The minimum absolute atomic E-state index is 0.785. The molecule has 90 valence electrons. The van der Waals surface area contributed by atoms with Crippen LogP contribution in [-0.4, -0.2) is 7.05 Å². The summed E-state index contributed by atoms with van der Waals surface area (Å²) in [5.74, 6) is 2.02. The molecule has 1 N–H and O–H groups in total. The van der Waals surface area contributed by atoms with Crippen LogP contribution in [0.2, 0.25) is 0 Å². The molecule has 17 heavy (non-hydrogen) atoms. The first-order valence-electron chi connectivity index (χ1n) is 5.97. The zero-order chi connectivity index (χ0) is 12.3. The molecule has 2 heteroatoms. The van der Waals surface area contributed by atoms with Crippen LogP contribution < -0.4 is 5.32 Å². The van der Waals surface area contributed by atoms with Crippen LogP contribution in [0.5, 0.6) is 0 Å². The molecule has 0 bridgehead atoms. The van der Waals surface area contributed by atoms with Gasteiger partial charge in [0.1, 0.15) is 11.5 Å². The summed E-state index contributed by atoms with van der Waals surface area (Å²) in [6, 6.07) is 10.7. The summed E-state index contributed by atoms with van der Waals surface area (Å²) < 4.78 is 5.75. The van der Waals surface area contributed by atoms with Crippen molar-refractivity contribution in [2.45, 2.75) is 26.8 Å². The predicted molar refractivity (Wildman–Crippen MR) is 70.2 cm³/mol. The van der Waals surface area contributed by atoms with Crippen molar-refractivity contribution in [1.82, 2.24) is 5.32 Å². The van der Waals surface area contributed by atoms with Crippen LogP contribution in [0.3, 0.4) is 0 Å². The first-order valence-corrected chi connectivity index (χ1v) is 5.97. The summed E-state index contributed by atoms with van der Waals surface area (Å²) in [6.45, 7) is 5.06. The molecule has 0 radical (unpaired) electrons. The van der Waals surface area contributed by atoms with Crippen molar-refractivity contribution >= 4 is 0 Å². The number of hydrogen-bond acceptors (Lipinski definition) is 2. The highest BCUT2D eigenvalue weighted by molar-refractivity contribution is 5.33. The van der Waals surface area contributed by atoms with E-state index in [1.54, 1.807) is 0 Å². The maximum atomic E-state index is 5.75. The lowest BCUT2D eigenvalue weighted by Crippen LogP contribution is -2.03. The van der Waals surface area contributed by atoms with E-state index in [0.717, 1.165) is 24.5 Å². The second-order valence-electron chi connectivity index (χ2n) is 4.51. The van der Waals surface area contributed by atoms with Gasteiger partial charge in [0.15, 0.2) is 0 Å². The molecule has 0 unspecified atom stereocenters. The van der Waals surface area contributed by atoms with Gasteiger partial charge in [0.05, 0.1) is 6.54 Å². The van der Waals surface area contributed by atoms with Gasteiger partial charge in [0, 0.05) is 6.42 Å².